The number of hydrogen-bond acceptors (Lipinski definition) is 2. The molecule has 0 saturated carbocycles. The summed E-state index contributed by atoms with van der Waals surface area (Å²) in [5, 5.41) is 2.68. The molecule has 0 aliphatic heterocycles. The van der Waals surface area contributed by atoms with Gasteiger partial charge in [0.25, 0.3) is 5.91 Å². The average molecular weight is 370 g/mol. The number of amides is 1. The van der Waals surface area contributed by atoms with Gasteiger partial charge in [-0.05, 0) is 53.9 Å². The first kappa shape index (κ1) is 18.5. The molecule has 0 fully saturated rings. The number of alkyl halides is 3. The second kappa shape index (κ2) is 7.15. The number of carbonyl (C=O) groups excluding carboxylic acids is 1. The van der Waals surface area contributed by atoms with Crippen LogP contribution in [0.25, 0.3) is 11.1 Å². The zero-order valence-electron chi connectivity index (χ0n) is 14.5. The number of rotatable bonds is 3. The van der Waals surface area contributed by atoms with Crippen LogP contribution in [0.5, 0.6) is 0 Å². The maximum Gasteiger partial charge on any atom is 0.416 e. The second-order valence-corrected chi connectivity index (χ2v) is 6.15. The maximum atomic E-state index is 13.2. The number of anilines is 2. The molecule has 0 aliphatic rings. The summed E-state index contributed by atoms with van der Waals surface area (Å²) in [5.41, 5.74) is 7.61. The van der Waals surface area contributed by atoms with Crippen molar-refractivity contribution in [2.45, 2.75) is 13.1 Å². The highest BCUT2D eigenvalue weighted by Crippen LogP contribution is 2.34. The fourth-order valence-corrected chi connectivity index (χ4v) is 2.79. The molecule has 0 unspecified atom stereocenters. The van der Waals surface area contributed by atoms with Gasteiger partial charge in [-0.1, -0.05) is 36.4 Å². The van der Waals surface area contributed by atoms with Crippen LogP contribution in [0.2, 0.25) is 0 Å². The Balaban J connectivity index is 2.06. The minimum atomic E-state index is -4.54. The molecule has 0 heterocycles. The van der Waals surface area contributed by atoms with E-state index < -0.39 is 17.6 Å². The predicted octanol–water partition coefficient (Wildman–Crippen LogP) is 5.52. The number of aryl methyl sites for hydroxylation is 1. The van der Waals surface area contributed by atoms with Crippen LogP contribution in [0.3, 0.4) is 0 Å². The highest BCUT2D eigenvalue weighted by atomic mass is 19.4. The SMILES string of the molecule is Cc1cc(N)ccc1NC(=O)c1cc(C(F)(F)F)ccc1-c1ccccc1. The first-order chi connectivity index (χ1) is 12.8. The summed E-state index contributed by atoms with van der Waals surface area (Å²) in [6.45, 7) is 1.76. The molecule has 3 aromatic carbocycles. The van der Waals surface area contributed by atoms with Crippen LogP contribution in [0.15, 0.2) is 66.7 Å². The van der Waals surface area contributed by atoms with Crippen molar-refractivity contribution in [1.29, 1.82) is 0 Å². The third-order valence-electron chi connectivity index (χ3n) is 4.17. The van der Waals surface area contributed by atoms with Crippen molar-refractivity contribution < 1.29 is 18.0 Å². The Morgan fingerprint density at radius 1 is 0.963 bits per heavy atom. The molecule has 3 aromatic rings. The van der Waals surface area contributed by atoms with Crippen molar-refractivity contribution in [2.24, 2.45) is 0 Å². The van der Waals surface area contributed by atoms with Crippen LogP contribution in [0.4, 0.5) is 24.5 Å². The Morgan fingerprint density at radius 2 is 1.67 bits per heavy atom. The van der Waals surface area contributed by atoms with Crippen molar-refractivity contribution in [3.63, 3.8) is 0 Å². The first-order valence-corrected chi connectivity index (χ1v) is 8.20. The normalized spacial score (nSPS) is 11.3. The summed E-state index contributed by atoms with van der Waals surface area (Å²) in [7, 11) is 0. The van der Waals surface area contributed by atoms with Crippen molar-refractivity contribution in [3.8, 4) is 11.1 Å². The van der Waals surface area contributed by atoms with E-state index in [1.165, 1.54) is 6.07 Å². The molecule has 3 N–H and O–H groups in total. The van der Waals surface area contributed by atoms with E-state index >= 15 is 0 Å². The number of nitrogens with one attached hydrogen (secondary N) is 1. The predicted molar refractivity (Wildman–Crippen MR) is 100 cm³/mol. The number of hydrogen-bond donors (Lipinski definition) is 2. The van der Waals surface area contributed by atoms with Crippen LogP contribution in [0.1, 0.15) is 21.5 Å². The lowest BCUT2D eigenvalue weighted by molar-refractivity contribution is -0.137. The Kier molecular flexibility index (Phi) is 4.90. The summed E-state index contributed by atoms with van der Waals surface area (Å²) >= 11 is 0. The summed E-state index contributed by atoms with van der Waals surface area (Å²) < 4.78 is 39.5. The largest absolute Gasteiger partial charge is 0.416 e. The first-order valence-electron chi connectivity index (χ1n) is 8.20. The molecule has 27 heavy (non-hydrogen) atoms. The molecule has 0 atom stereocenters. The number of nitrogen functional groups attached to an aromatic ring is 1. The van der Waals surface area contributed by atoms with E-state index in [9.17, 15) is 18.0 Å². The van der Waals surface area contributed by atoms with Gasteiger partial charge in [-0.2, -0.15) is 13.2 Å². The smallest absolute Gasteiger partial charge is 0.399 e. The zero-order valence-corrected chi connectivity index (χ0v) is 14.5. The lowest BCUT2D eigenvalue weighted by Gasteiger charge is -2.15. The van der Waals surface area contributed by atoms with Crippen molar-refractivity contribution >= 4 is 17.3 Å². The topological polar surface area (TPSA) is 55.1 Å². The molecule has 0 radical (unpaired) electrons. The Bertz CT molecular complexity index is 982. The highest BCUT2D eigenvalue weighted by Gasteiger charge is 2.32. The molecule has 6 heteroatoms. The van der Waals surface area contributed by atoms with Crippen molar-refractivity contribution in [2.75, 3.05) is 11.1 Å². The van der Waals surface area contributed by atoms with E-state index in [0.29, 0.717) is 22.5 Å². The molecule has 0 aromatic heterocycles. The van der Waals surface area contributed by atoms with Crippen molar-refractivity contribution in [3.05, 3.63) is 83.4 Å². The van der Waals surface area contributed by atoms with Gasteiger partial charge in [-0.15, -0.1) is 0 Å². The standard InChI is InChI=1S/C21H17F3N2O/c1-13-11-16(25)8-10-19(13)26-20(27)18-12-15(21(22,23)24)7-9-17(18)14-5-3-2-4-6-14/h2-12H,25H2,1H3,(H,26,27). The van der Waals surface area contributed by atoms with Gasteiger partial charge < -0.3 is 11.1 Å². The van der Waals surface area contributed by atoms with E-state index in [2.05, 4.69) is 5.32 Å². The van der Waals surface area contributed by atoms with Crippen LogP contribution in [-0.2, 0) is 6.18 Å². The molecule has 0 saturated heterocycles. The quantitative estimate of drug-likeness (QED) is 0.597. The molecule has 0 spiro atoms. The van der Waals surface area contributed by atoms with Crippen LogP contribution in [0, 0.1) is 6.92 Å². The van der Waals surface area contributed by atoms with Crippen LogP contribution in [-0.4, -0.2) is 5.91 Å². The molecule has 0 bridgehead atoms. The molecule has 138 valence electrons. The molecular weight excluding hydrogens is 353 g/mol. The number of benzene rings is 3. The van der Waals surface area contributed by atoms with Crippen molar-refractivity contribution in [1.82, 2.24) is 0 Å². The van der Waals surface area contributed by atoms with Gasteiger partial charge in [-0.3, -0.25) is 4.79 Å². The highest BCUT2D eigenvalue weighted by molar-refractivity contribution is 6.09. The molecule has 3 rings (SSSR count). The Hall–Kier alpha value is -3.28. The van der Waals surface area contributed by atoms with Gasteiger partial charge in [-0.25, -0.2) is 0 Å². The third kappa shape index (κ3) is 4.11. The van der Waals surface area contributed by atoms with Crippen LogP contribution < -0.4 is 11.1 Å². The maximum absolute atomic E-state index is 13.2. The van der Waals surface area contributed by atoms with E-state index in [1.54, 1.807) is 55.5 Å². The monoisotopic (exact) mass is 370 g/mol. The number of carbonyl (C=O) groups is 1. The molecular formula is C21H17F3N2O. The van der Waals surface area contributed by atoms with Gasteiger partial charge in [0.05, 0.1) is 5.56 Å². The van der Waals surface area contributed by atoms with Gasteiger partial charge in [0.2, 0.25) is 0 Å². The summed E-state index contributed by atoms with van der Waals surface area (Å²) in [6.07, 6.45) is -4.54. The lowest BCUT2D eigenvalue weighted by Crippen LogP contribution is -2.16. The van der Waals surface area contributed by atoms with E-state index in [0.717, 1.165) is 17.7 Å². The molecule has 1 amide bonds. The molecule has 0 aliphatic carbocycles. The summed E-state index contributed by atoms with van der Waals surface area (Å²) in [4.78, 5) is 12.8. The van der Waals surface area contributed by atoms with Gasteiger partial charge in [0, 0.05) is 16.9 Å². The Morgan fingerprint density at radius 3 is 2.30 bits per heavy atom. The number of halogens is 3. The van der Waals surface area contributed by atoms with Gasteiger partial charge in [0.1, 0.15) is 0 Å². The van der Waals surface area contributed by atoms with Gasteiger partial charge >= 0.3 is 6.18 Å². The third-order valence-corrected chi connectivity index (χ3v) is 4.17. The molecule has 3 nitrogen and oxygen atoms in total. The Labute approximate surface area is 154 Å². The minimum Gasteiger partial charge on any atom is -0.399 e. The van der Waals surface area contributed by atoms with Crippen LogP contribution >= 0.6 is 0 Å². The van der Waals surface area contributed by atoms with E-state index in [4.69, 9.17) is 5.73 Å². The van der Waals surface area contributed by atoms with E-state index in [1.807, 2.05) is 0 Å². The van der Waals surface area contributed by atoms with Gasteiger partial charge in [0.15, 0.2) is 0 Å². The second-order valence-electron chi connectivity index (χ2n) is 6.15. The average Bonchev–Trinajstić information content (AvgIpc) is 2.63. The number of nitrogens with two attached hydrogens (primary N) is 1. The fraction of sp³-hybridized carbons (Fsp3) is 0.0952. The summed E-state index contributed by atoms with van der Waals surface area (Å²) in [6, 6.07) is 16.9. The zero-order chi connectivity index (χ0) is 19.6. The fourth-order valence-electron chi connectivity index (χ4n) is 2.79. The summed E-state index contributed by atoms with van der Waals surface area (Å²) in [5.74, 6) is -0.618. The van der Waals surface area contributed by atoms with E-state index in [-0.39, 0.29) is 5.56 Å². The lowest BCUT2D eigenvalue weighted by atomic mass is 9.96. The minimum absolute atomic E-state index is 0.0488.